The lowest BCUT2D eigenvalue weighted by atomic mass is 10.1. The topological polar surface area (TPSA) is 64.0 Å². The third kappa shape index (κ3) is 3.56. The highest BCUT2D eigenvalue weighted by Crippen LogP contribution is 2.07. The first kappa shape index (κ1) is 15.0. The minimum absolute atomic E-state index is 0.104. The molecular weight excluding hydrogens is 266 g/mol. The second kappa shape index (κ2) is 5.52. The summed E-state index contributed by atoms with van der Waals surface area (Å²) in [5, 5.41) is 2.75. The average Bonchev–Trinajstić information content (AvgIpc) is 2.38. The van der Waals surface area contributed by atoms with Crippen LogP contribution in [0.15, 0.2) is 41.5 Å². The number of amides is 1. The summed E-state index contributed by atoms with van der Waals surface area (Å²) in [6.45, 7) is 7.53. The standard InChI is InChI=1S/C16H19N3O2/c1-11-5-7-12(8-6-11)19-10-9-17-13(15(19)21)14(20)18-16(2,3)4/h5-10H,1-4H3,(H,18,20). The van der Waals surface area contributed by atoms with Crippen LogP contribution in [0.3, 0.4) is 0 Å². The van der Waals surface area contributed by atoms with Crippen molar-refractivity contribution in [2.45, 2.75) is 33.2 Å². The molecule has 0 saturated heterocycles. The monoisotopic (exact) mass is 285 g/mol. The molecule has 0 fully saturated rings. The van der Waals surface area contributed by atoms with Crippen molar-refractivity contribution in [3.8, 4) is 5.69 Å². The Morgan fingerprint density at radius 2 is 1.81 bits per heavy atom. The van der Waals surface area contributed by atoms with Crippen molar-refractivity contribution in [3.63, 3.8) is 0 Å². The Morgan fingerprint density at radius 3 is 2.38 bits per heavy atom. The van der Waals surface area contributed by atoms with Gasteiger partial charge in [0.25, 0.3) is 11.5 Å². The molecule has 1 aromatic carbocycles. The van der Waals surface area contributed by atoms with Gasteiger partial charge < -0.3 is 5.32 Å². The van der Waals surface area contributed by atoms with Gasteiger partial charge in [-0.05, 0) is 39.8 Å². The van der Waals surface area contributed by atoms with Crippen LogP contribution in [0, 0.1) is 6.92 Å². The number of nitrogens with zero attached hydrogens (tertiary/aromatic N) is 2. The SMILES string of the molecule is Cc1ccc(-n2ccnc(C(=O)NC(C)(C)C)c2=O)cc1. The smallest absolute Gasteiger partial charge is 0.286 e. The Labute approximate surface area is 123 Å². The van der Waals surface area contributed by atoms with Crippen LogP contribution in [0.25, 0.3) is 5.69 Å². The van der Waals surface area contributed by atoms with E-state index in [1.807, 2.05) is 52.0 Å². The van der Waals surface area contributed by atoms with Crippen LogP contribution in [0.5, 0.6) is 0 Å². The molecule has 110 valence electrons. The van der Waals surface area contributed by atoms with E-state index < -0.39 is 17.0 Å². The summed E-state index contributed by atoms with van der Waals surface area (Å²) < 4.78 is 1.42. The summed E-state index contributed by atoms with van der Waals surface area (Å²) in [6, 6.07) is 7.50. The first-order valence-electron chi connectivity index (χ1n) is 6.75. The van der Waals surface area contributed by atoms with Crippen LogP contribution in [0.4, 0.5) is 0 Å². The Balaban J connectivity index is 2.43. The number of carbonyl (C=O) groups is 1. The molecule has 1 N–H and O–H groups in total. The molecule has 0 spiro atoms. The van der Waals surface area contributed by atoms with Gasteiger partial charge in [0.15, 0.2) is 5.69 Å². The van der Waals surface area contributed by atoms with E-state index in [-0.39, 0.29) is 5.69 Å². The van der Waals surface area contributed by atoms with Crippen LogP contribution >= 0.6 is 0 Å². The molecule has 0 saturated carbocycles. The van der Waals surface area contributed by atoms with E-state index >= 15 is 0 Å². The quantitative estimate of drug-likeness (QED) is 0.918. The molecule has 0 atom stereocenters. The van der Waals surface area contributed by atoms with Gasteiger partial charge in [0.05, 0.1) is 0 Å². The maximum absolute atomic E-state index is 12.4. The lowest BCUT2D eigenvalue weighted by molar-refractivity contribution is 0.0912. The third-order valence-corrected chi connectivity index (χ3v) is 2.86. The molecule has 2 aromatic rings. The van der Waals surface area contributed by atoms with Crippen molar-refractivity contribution >= 4 is 5.91 Å². The molecule has 1 aromatic heterocycles. The van der Waals surface area contributed by atoms with Crippen LogP contribution in [-0.4, -0.2) is 21.0 Å². The molecule has 0 radical (unpaired) electrons. The van der Waals surface area contributed by atoms with Crippen molar-refractivity contribution < 1.29 is 4.79 Å². The molecule has 5 nitrogen and oxygen atoms in total. The van der Waals surface area contributed by atoms with Gasteiger partial charge in [0, 0.05) is 23.6 Å². The molecule has 0 unspecified atom stereocenters. The molecule has 0 aliphatic carbocycles. The lowest BCUT2D eigenvalue weighted by Gasteiger charge is -2.20. The fraction of sp³-hybridized carbons (Fsp3) is 0.312. The van der Waals surface area contributed by atoms with Crippen molar-refractivity contribution in [2.24, 2.45) is 0 Å². The van der Waals surface area contributed by atoms with Crippen LogP contribution in [0.2, 0.25) is 0 Å². The van der Waals surface area contributed by atoms with Gasteiger partial charge in [-0.1, -0.05) is 17.7 Å². The van der Waals surface area contributed by atoms with E-state index in [0.717, 1.165) is 5.56 Å². The van der Waals surface area contributed by atoms with E-state index in [1.54, 1.807) is 6.20 Å². The zero-order valence-electron chi connectivity index (χ0n) is 12.7. The molecule has 2 rings (SSSR count). The molecule has 0 aliphatic rings. The highest BCUT2D eigenvalue weighted by molar-refractivity contribution is 5.92. The second-order valence-corrected chi connectivity index (χ2v) is 5.99. The minimum Gasteiger partial charge on any atom is -0.346 e. The van der Waals surface area contributed by atoms with Crippen LogP contribution in [-0.2, 0) is 0 Å². The van der Waals surface area contributed by atoms with Crippen LogP contribution < -0.4 is 10.9 Å². The largest absolute Gasteiger partial charge is 0.346 e. The second-order valence-electron chi connectivity index (χ2n) is 5.99. The predicted octanol–water partition coefficient (Wildman–Crippen LogP) is 2.07. The van der Waals surface area contributed by atoms with Gasteiger partial charge in [-0.3, -0.25) is 14.2 Å². The van der Waals surface area contributed by atoms with Gasteiger partial charge in [0.2, 0.25) is 0 Å². The number of carbonyl (C=O) groups excluding carboxylic acids is 1. The fourth-order valence-corrected chi connectivity index (χ4v) is 1.88. The highest BCUT2D eigenvalue weighted by Gasteiger charge is 2.20. The number of hydrogen-bond donors (Lipinski definition) is 1. The number of rotatable bonds is 2. The van der Waals surface area contributed by atoms with Crippen molar-refractivity contribution in [3.05, 3.63) is 58.3 Å². The summed E-state index contributed by atoms with van der Waals surface area (Å²) >= 11 is 0. The van der Waals surface area contributed by atoms with E-state index in [4.69, 9.17) is 0 Å². The maximum Gasteiger partial charge on any atom is 0.286 e. The van der Waals surface area contributed by atoms with Gasteiger partial charge in [-0.2, -0.15) is 0 Å². The first-order valence-corrected chi connectivity index (χ1v) is 6.75. The van der Waals surface area contributed by atoms with E-state index in [9.17, 15) is 9.59 Å². The highest BCUT2D eigenvalue weighted by atomic mass is 16.2. The third-order valence-electron chi connectivity index (χ3n) is 2.86. The summed E-state index contributed by atoms with van der Waals surface area (Å²) in [7, 11) is 0. The number of nitrogens with one attached hydrogen (secondary N) is 1. The molecule has 0 aliphatic heterocycles. The van der Waals surface area contributed by atoms with Gasteiger partial charge in [-0.25, -0.2) is 4.98 Å². The van der Waals surface area contributed by atoms with Crippen molar-refractivity contribution in [1.82, 2.24) is 14.9 Å². The average molecular weight is 285 g/mol. The summed E-state index contributed by atoms with van der Waals surface area (Å²) in [5.74, 6) is -0.464. The lowest BCUT2D eigenvalue weighted by Crippen LogP contribution is -2.43. The van der Waals surface area contributed by atoms with Crippen LogP contribution in [0.1, 0.15) is 36.8 Å². The maximum atomic E-state index is 12.4. The zero-order chi connectivity index (χ0) is 15.6. The predicted molar refractivity (Wildman–Crippen MR) is 81.8 cm³/mol. The Hall–Kier alpha value is -2.43. The normalized spacial score (nSPS) is 11.2. The molecule has 21 heavy (non-hydrogen) atoms. The van der Waals surface area contributed by atoms with Gasteiger partial charge in [0.1, 0.15) is 0 Å². The fourth-order valence-electron chi connectivity index (χ4n) is 1.88. The first-order chi connectivity index (χ1) is 9.78. The number of aromatic nitrogens is 2. The Bertz CT molecular complexity index is 710. The van der Waals surface area contributed by atoms with E-state index in [1.165, 1.54) is 10.8 Å². The summed E-state index contributed by atoms with van der Waals surface area (Å²) in [6.07, 6.45) is 3.01. The Kier molecular flexibility index (Phi) is 3.93. The minimum atomic E-state index is -0.464. The molecular formula is C16H19N3O2. The zero-order valence-corrected chi connectivity index (χ0v) is 12.7. The summed E-state index contributed by atoms with van der Waals surface area (Å²) in [5.41, 5.74) is 0.857. The van der Waals surface area contributed by atoms with Gasteiger partial charge in [-0.15, -0.1) is 0 Å². The van der Waals surface area contributed by atoms with Crippen molar-refractivity contribution in [1.29, 1.82) is 0 Å². The molecule has 1 amide bonds. The van der Waals surface area contributed by atoms with E-state index in [2.05, 4.69) is 10.3 Å². The van der Waals surface area contributed by atoms with Crippen molar-refractivity contribution in [2.75, 3.05) is 0 Å². The van der Waals surface area contributed by atoms with Gasteiger partial charge >= 0.3 is 0 Å². The molecule has 1 heterocycles. The summed E-state index contributed by atoms with van der Waals surface area (Å²) in [4.78, 5) is 28.5. The number of hydrogen-bond acceptors (Lipinski definition) is 3. The molecule has 5 heteroatoms. The number of benzene rings is 1. The van der Waals surface area contributed by atoms with E-state index in [0.29, 0.717) is 5.69 Å². The molecule has 0 bridgehead atoms. The number of aryl methyl sites for hydroxylation is 1. The Morgan fingerprint density at radius 1 is 1.19 bits per heavy atom.